The Hall–Kier alpha value is -1.30. The highest BCUT2D eigenvalue weighted by atomic mass is 35.5. The van der Waals surface area contributed by atoms with Crippen molar-refractivity contribution in [2.75, 3.05) is 19.8 Å². The van der Waals surface area contributed by atoms with Crippen molar-refractivity contribution in [2.24, 2.45) is 0 Å². The maximum atomic E-state index is 12.4. The van der Waals surface area contributed by atoms with Gasteiger partial charge in [0.2, 0.25) is 0 Å². The SMILES string of the molecule is O=C1S/C(=C/c2cccc(Cl)c2)C(=O)N1C[NH+]1CCCCC1. The predicted octanol–water partition coefficient (Wildman–Crippen LogP) is 2.40. The quantitative estimate of drug-likeness (QED) is 0.861. The molecule has 4 nitrogen and oxygen atoms in total. The molecule has 0 aromatic heterocycles. The number of carbonyl (C=O) groups excluding carboxylic acids is 2. The molecular weight excluding hydrogens is 320 g/mol. The van der Waals surface area contributed by atoms with Crippen LogP contribution in [0.4, 0.5) is 4.79 Å². The molecule has 0 saturated carbocycles. The highest BCUT2D eigenvalue weighted by Gasteiger charge is 2.37. The predicted molar refractivity (Wildman–Crippen MR) is 88.7 cm³/mol. The van der Waals surface area contributed by atoms with Crippen LogP contribution in [0.3, 0.4) is 0 Å². The summed E-state index contributed by atoms with van der Waals surface area (Å²) in [5.41, 5.74) is 0.836. The Labute approximate surface area is 139 Å². The molecule has 2 fully saturated rings. The lowest BCUT2D eigenvalue weighted by Gasteiger charge is -2.26. The van der Waals surface area contributed by atoms with Crippen LogP contribution in [0.2, 0.25) is 5.02 Å². The summed E-state index contributed by atoms with van der Waals surface area (Å²) in [6, 6.07) is 7.27. The molecule has 6 heteroatoms. The van der Waals surface area contributed by atoms with E-state index in [1.54, 1.807) is 18.2 Å². The number of rotatable bonds is 3. The fraction of sp³-hybridized carbons (Fsp3) is 0.375. The third kappa shape index (κ3) is 3.54. The van der Waals surface area contributed by atoms with Crippen LogP contribution in [-0.4, -0.2) is 35.8 Å². The molecule has 1 aromatic rings. The largest absolute Gasteiger partial charge is 0.317 e. The van der Waals surface area contributed by atoms with Crippen molar-refractivity contribution < 1.29 is 14.5 Å². The van der Waals surface area contributed by atoms with Gasteiger partial charge in [0.1, 0.15) is 0 Å². The Kier molecular flexibility index (Phi) is 4.86. The van der Waals surface area contributed by atoms with Gasteiger partial charge >= 0.3 is 0 Å². The summed E-state index contributed by atoms with van der Waals surface area (Å²) in [7, 11) is 0. The lowest BCUT2D eigenvalue weighted by molar-refractivity contribution is -0.912. The van der Waals surface area contributed by atoms with Crippen molar-refractivity contribution in [1.82, 2.24) is 4.90 Å². The van der Waals surface area contributed by atoms with Crippen LogP contribution < -0.4 is 4.90 Å². The van der Waals surface area contributed by atoms with E-state index in [0.29, 0.717) is 16.6 Å². The van der Waals surface area contributed by atoms with Crippen molar-refractivity contribution in [2.45, 2.75) is 19.3 Å². The maximum Gasteiger partial charge on any atom is 0.298 e. The van der Waals surface area contributed by atoms with Crippen molar-refractivity contribution in [3.8, 4) is 0 Å². The lowest BCUT2D eigenvalue weighted by Crippen LogP contribution is -3.14. The highest BCUT2D eigenvalue weighted by molar-refractivity contribution is 8.18. The summed E-state index contributed by atoms with van der Waals surface area (Å²) in [5, 5.41) is 0.446. The van der Waals surface area contributed by atoms with Gasteiger partial charge in [0, 0.05) is 5.02 Å². The molecule has 2 aliphatic rings. The van der Waals surface area contributed by atoms with Gasteiger partial charge in [0.25, 0.3) is 11.1 Å². The van der Waals surface area contributed by atoms with Gasteiger partial charge in [-0.2, -0.15) is 0 Å². The van der Waals surface area contributed by atoms with E-state index in [1.165, 1.54) is 29.1 Å². The smallest absolute Gasteiger partial charge is 0.298 e. The number of hydrogen-bond acceptors (Lipinski definition) is 3. The van der Waals surface area contributed by atoms with E-state index in [1.807, 2.05) is 12.1 Å². The standard InChI is InChI=1S/C16H17ClN2O2S/c17-13-6-4-5-12(9-13)10-14-15(20)19(16(21)22-14)11-18-7-2-1-3-8-18/h4-6,9-10H,1-3,7-8,11H2/p+1/b14-10+. The van der Waals surface area contributed by atoms with Crippen molar-refractivity contribution in [3.63, 3.8) is 0 Å². The van der Waals surface area contributed by atoms with E-state index < -0.39 is 0 Å². The zero-order valence-electron chi connectivity index (χ0n) is 12.2. The van der Waals surface area contributed by atoms with Crippen LogP contribution in [0, 0.1) is 0 Å². The van der Waals surface area contributed by atoms with Crippen LogP contribution in [0.1, 0.15) is 24.8 Å². The number of piperidine rings is 1. The van der Waals surface area contributed by atoms with Gasteiger partial charge in [-0.15, -0.1) is 0 Å². The maximum absolute atomic E-state index is 12.4. The number of hydrogen-bond donors (Lipinski definition) is 1. The van der Waals surface area contributed by atoms with Gasteiger partial charge < -0.3 is 4.90 Å². The molecule has 3 rings (SSSR count). The molecule has 0 unspecified atom stereocenters. The number of amides is 2. The van der Waals surface area contributed by atoms with Gasteiger partial charge in [-0.25, -0.2) is 4.90 Å². The minimum atomic E-state index is -0.187. The number of thioether (sulfide) groups is 1. The Balaban J connectivity index is 1.73. The number of likely N-dealkylation sites (tertiary alicyclic amines) is 1. The molecule has 116 valence electrons. The Morgan fingerprint density at radius 3 is 2.73 bits per heavy atom. The summed E-state index contributed by atoms with van der Waals surface area (Å²) in [4.78, 5) is 27.7. The van der Waals surface area contributed by atoms with Crippen LogP contribution in [0.25, 0.3) is 6.08 Å². The van der Waals surface area contributed by atoms with Gasteiger partial charge in [0.05, 0.1) is 18.0 Å². The second-order valence-electron chi connectivity index (χ2n) is 5.63. The number of benzene rings is 1. The fourth-order valence-electron chi connectivity index (χ4n) is 2.82. The molecule has 0 bridgehead atoms. The van der Waals surface area contributed by atoms with Crippen molar-refractivity contribution in [1.29, 1.82) is 0 Å². The van der Waals surface area contributed by atoms with Crippen LogP contribution in [0.5, 0.6) is 0 Å². The number of nitrogens with zero attached hydrogens (tertiary/aromatic N) is 1. The second kappa shape index (κ2) is 6.86. The van der Waals surface area contributed by atoms with Gasteiger partial charge in [0.15, 0.2) is 6.67 Å². The molecule has 0 radical (unpaired) electrons. The van der Waals surface area contributed by atoms with E-state index >= 15 is 0 Å². The minimum absolute atomic E-state index is 0.170. The number of quaternary nitrogens is 1. The summed E-state index contributed by atoms with van der Waals surface area (Å²) in [6.07, 6.45) is 5.33. The third-order valence-electron chi connectivity index (χ3n) is 3.96. The van der Waals surface area contributed by atoms with E-state index in [4.69, 9.17) is 11.6 Å². The van der Waals surface area contributed by atoms with Crippen LogP contribution in [0.15, 0.2) is 29.2 Å². The first-order valence-electron chi connectivity index (χ1n) is 7.48. The van der Waals surface area contributed by atoms with E-state index in [0.717, 1.165) is 30.4 Å². The molecule has 1 aromatic carbocycles. The molecule has 2 saturated heterocycles. The zero-order chi connectivity index (χ0) is 15.5. The van der Waals surface area contributed by atoms with Crippen LogP contribution in [-0.2, 0) is 4.79 Å². The number of nitrogens with one attached hydrogen (secondary N) is 1. The summed E-state index contributed by atoms with van der Waals surface area (Å²) in [5.74, 6) is -0.187. The van der Waals surface area contributed by atoms with Gasteiger partial charge in [-0.3, -0.25) is 9.59 Å². The topological polar surface area (TPSA) is 41.8 Å². The number of carbonyl (C=O) groups is 2. The molecule has 0 aliphatic carbocycles. The number of imide groups is 1. The molecule has 22 heavy (non-hydrogen) atoms. The molecular formula is C16H18ClN2O2S+. The van der Waals surface area contributed by atoms with E-state index in [-0.39, 0.29) is 11.1 Å². The third-order valence-corrected chi connectivity index (χ3v) is 5.10. The fourth-order valence-corrected chi connectivity index (χ4v) is 3.85. The average molecular weight is 338 g/mol. The number of halogens is 1. The van der Waals surface area contributed by atoms with Gasteiger partial charge in [-0.1, -0.05) is 23.7 Å². The van der Waals surface area contributed by atoms with E-state index in [9.17, 15) is 9.59 Å². The molecule has 2 amide bonds. The first kappa shape index (κ1) is 15.6. The summed E-state index contributed by atoms with van der Waals surface area (Å²) < 4.78 is 0. The molecule has 0 atom stereocenters. The second-order valence-corrected chi connectivity index (χ2v) is 7.06. The van der Waals surface area contributed by atoms with E-state index in [2.05, 4.69) is 0 Å². The molecule has 2 aliphatic heterocycles. The summed E-state index contributed by atoms with van der Waals surface area (Å²) in [6.45, 7) is 2.56. The summed E-state index contributed by atoms with van der Waals surface area (Å²) >= 11 is 6.96. The lowest BCUT2D eigenvalue weighted by atomic mass is 10.1. The average Bonchev–Trinajstić information content (AvgIpc) is 2.76. The zero-order valence-corrected chi connectivity index (χ0v) is 13.8. The Bertz CT molecular complexity index is 626. The first-order chi connectivity index (χ1) is 10.6. The van der Waals surface area contributed by atoms with Gasteiger partial charge in [-0.05, 0) is 54.8 Å². The monoisotopic (exact) mass is 337 g/mol. The van der Waals surface area contributed by atoms with Crippen molar-refractivity contribution in [3.05, 3.63) is 39.8 Å². The molecule has 0 spiro atoms. The minimum Gasteiger partial charge on any atom is -0.317 e. The first-order valence-corrected chi connectivity index (χ1v) is 8.67. The normalized spacial score (nSPS) is 21.9. The Morgan fingerprint density at radius 1 is 1.23 bits per heavy atom. The van der Waals surface area contributed by atoms with Crippen molar-refractivity contribution >= 4 is 40.6 Å². The Morgan fingerprint density at radius 2 is 2.00 bits per heavy atom. The molecule has 1 N–H and O–H groups in total. The highest BCUT2D eigenvalue weighted by Crippen LogP contribution is 2.31. The van der Waals surface area contributed by atoms with Crippen LogP contribution >= 0.6 is 23.4 Å². The molecule has 2 heterocycles.